The molecule has 1 aromatic heterocycles. The molecule has 0 saturated heterocycles. The average molecular weight is 264 g/mol. The van der Waals surface area contributed by atoms with Crippen LogP contribution in [-0.2, 0) is 12.8 Å². The molecule has 0 atom stereocenters. The normalized spacial score (nSPS) is 10.3. The molecule has 0 fully saturated rings. The summed E-state index contributed by atoms with van der Waals surface area (Å²) in [4.78, 5) is 1.68. The Hall–Kier alpha value is -1.71. The van der Waals surface area contributed by atoms with Crippen molar-refractivity contribution in [1.29, 1.82) is 5.26 Å². The van der Waals surface area contributed by atoms with Crippen molar-refractivity contribution in [2.24, 2.45) is 0 Å². The zero-order valence-corrected chi connectivity index (χ0v) is 11.4. The van der Waals surface area contributed by atoms with Crippen molar-refractivity contribution in [1.82, 2.24) is 10.2 Å². The number of rotatable bonds is 7. The van der Waals surface area contributed by atoms with E-state index in [4.69, 9.17) is 10.2 Å². The first-order valence-electron chi connectivity index (χ1n) is 6.48. The van der Waals surface area contributed by atoms with Gasteiger partial charge in [0.2, 0.25) is 0 Å². The van der Waals surface area contributed by atoms with Crippen LogP contribution in [0.2, 0.25) is 0 Å². The van der Waals surface area contributed by atoms with Gasteiger partial charge in [-0.2, -0.15) is 10.4 Å². The van der Waals surface area contributed by atoms with Gasteiger partial charge in [-0.3, -0.25) is 0 Å². The molecule has 2 N–H and O–H groups in total. The van der Waals surface area contributed by atoms with Crippen molar-refractivity contribution < 1.29 is 10.2 Å². The standard InChI is InChI=1S/C13H20N4O2/c1-3-10-11(9-14)13(16-15-12(10)4-2)17(5-7-18)6-8-19/h18-19H,3-8H2,1-2H3. The SMILES string of the molecule is CCc1nnc(N(CCO)CCO)c(C#N)c1CC. The second kappa shape index (κ2) is 7.67. The van der Waals surface area contributed by atoms with E-state index in [9.17, 15) is 5.26 Å². The Morgan fingerprint density at radius 1 is 1.11 bits per heavy atom. The highest BCUT2D eigenvalue weighted by atomic mass is 16.3. The first-order chi connectivity index (χ1) is 9.23. The number of anilines is 1. The molecule has 0 amide bonds. The molecule has 19 heavy (non-hydrogen) atoms. The summed E-state index contributed by atoms with van der Waals surface area (Å²) in [5.41, 5.74) is 2.22. The van der Waals surface area contributed by atoms with Crippen LogP contribution in [0.15, 0.2) is 0 Å². The maximum atomic E-state index is 9.37. The Morgan fingerprint density at radius 3 is 2.16 bits per heavy atom. The van der Waals surface area contributed by atoms with Gasteiger partial charge in [-0.15, -0.1) is 5.10 Å². The van der Waals surface area contributed by atoms with Gasteiger partial charge in [0.1, 0.15) is 11.6 Å². The zero-order valence-electron chi connectivity index (χ0n) is 11.4. The number of hydrogen-bond donors (Lipinski definition) is 2. The maximum Gasteiger partial charge on any atom is 0.169 e. The van der Waals surface area contributed by atoms with Gasteiger partial charge in [0.25, 0.3) is 0 Å². The Kier molecular flexibility index (Phi) is 6.19. The van der Waals surface area contributed by atoms with Gasteiger partial charge >= 0.3 is 0 Å². The minimum Gasteiger partial charge on any atom is -0.395 e. The summed E-state index contributed by atoms with van der Waals surface area (Å²) in [6.07, 6.45) is 1.44. The number of aryl methyl sites for hydroxylation is 1. The van der Waals surface area contributed by atoms with E-state index in [1.165, 1.54) is 0 Å². The number of nitrogens with zero attached hydrogens (tertiary/aromatic N) is 4. The lowest BCUT2D eigenvalue weighted by Crippen LogP contribution is -2.32. The molecule has 0 aromatic carbocycles. The van der Waals surface area contributed by atoms with E-state index < -0.39 is 0 Å². The van der Waals surface area contributed by atoms with Crippen LogP contribution < -0.4 is 4.90 Å². The van der Waals surface area contributed by atoms with Crippen LogP contribution in [0.4, 0.5) is 5.82 Å². The fourth-order valence-corrected chi connectivity index (χ4v) is 2.07. The van der Waals surface area contributed by atoms with Crippen LogP contribution in [0, 0.1) is 11.3 Å². The second-order valence-corrected chi connectivity index (χ2v) is 4.08. The maximum absolute atomic E-state index is 9.37. The van der Waals surface area contributed by atoms with Gasteiger partial charge in [-0.25, -0.2) is 0 Å². The molecule has 1 rings (SSSR count). The highest BCUT2D eigenvalue weighted by Crippen LogP contribution is 2.22. The van der Waals surface area contributed by atoms with Crippen molar-refractivity contribution in [2.45, 2.75) is 26.7 Å². The molecule has 104 valence electrons. The Labute approximate surface area is 113 Å². The summed E-state index contributed by atoms with van der Waals surface area (Å²) in [6, 6.07) is 2.18. The van der Waals surface area contributed by atoms with E-state index in [2.05, 4.69) is 16.3 Å². The molecular weight excluding hydrogens is 244 g/mol. The van der Waals surface area contributed by atoms with Crippen LogP contribution in [0.1, 0.15) is 30.7 Å². The molecule has 1 heterocycles. The summed E-state index contributed by atoms with van der Waals surface area (Å²) in [6.45, 7) is 4.45. The van der Waals surface area contributed by atoms with E-state index in [0.29, 0.717) is 30.9 Å². The number of aliphatic hydroxyl groups excluding tert-OH is 2. The summed E-state index contributed by atoms with van der Waals surface area (Å²) in [5.74, 6) is 0.444. The fourth-order valence-electron chi connectivity index (χ4n) is 2.07. The van der Waals surface area contributed by atoms with Crippen LogP contribution >= 0.6 is 0 Å². The van der Waals surface area contributed by atoms with Crippen molar-refractivity contribution in [3.63, 3.8) is 0 Å². The largest absolute Gasteiger partial charge is 0.395 e. The molecule has 1 aromatic rings. The Bertz CT molecular complexity index is 451. The third-order valence-corrected chi connectivity index (χ3v) is 2.98. The topological polar surface area (TPSA) is 93.3 Å². The third-order valence-electron chi connectivity index (χ3n) is 2.98. The lowest BCUT2D eigenvalue weighted by Gasteiger charge is -2.23. The van der Waals surface area contributed by atoms with E-state index in [1.807, 2.05) is 13.8 Å². The van der Waals surface area contributed by atoms with Gasteiger partial charge in [0.05, 0.1) is 18.9 Å². The Balaban J connectivity index is 3.30. The highest BCUT2D eigenvalue weighted by Gasteiger charge is 2.18. The van der Waals surface area contributed by atoms with Crippen LogP contribution in [0.5, 0.6) is 0 Å². The molecule has 0 saturated carbocycles. The van der Waals surface area contributed by atoms with Gasteiger partial charge < -0.3 is 15.1 Å². The van der Waals surface area contributed by atoms with Crippen LogP contribution in [0.25, 0.3) is 0 Å². The predicted octanol–water partition coefficient (Wildman–Crippen LogP) is 0.264. The summed E-state index contributed by atoms with van der Waals surface area (Å²) < 4.78 is 0. The van der Waals surface area contributed by atoms with Crippen LogP contribution in [-0.4, -0.2) is 46.7 Å². The first kappa shape index (κ1) is 15.3. The lowest BCUT2D eigenvalue weighted by atomic mass is 10.0. The number of hydrogen-bond acceptors (Lipinski definition) is 6. The minimum absolute atomic E-state index is 0.0659. The number of aromatic nitrogens is 2. The molecule has 0 aliphatic heterocycles. The van der Waals surface area contributed by atoms with Gasteiger partial charge in [0.15, 0.2) is 5.82 Å². The van der Waals surface area contributed by atoms with Gasteiger partial charge in [0, 0.05) is 13.1 Å². The van der Waals surface area contributed by atoms with Crippen molar-refractivity contribution >= 4 is 5.82 Å². The highest BCUT2D eigenvalue weighted by molar-refractivity contribution is 5.58. The fraction of sp³-hybridized carbons (Fsp3) is 0.615. The monoisotopic (exact) mass is 264 g/mol. The van der Waals surface area contributed by atoms with Crippen LogP contribution in [0.3, 0.4) is 0 Å². The van der Waals surface area contributed by atoms with Crippen molar-refractivity contribution in [3.8, 4) is 6.07 Å². The van der Waals surface area contributed by atoms with E-state index >= 15 is 0 Å². The zero-order chi connectivity index (χ0) is 14.3. The Morgan fingerprint density at radius 2 is 1.74 bits per heavy atom. The summed E-state index contributed by atoms with van der Waals surface area (Å²) in [5, 5.41) is 35.7. The van der Waals surface area contributed by atoms with E-state index in [0.717, 1.165) is 17.7 Å². The average Bonchev–Trinajstić information content (AvgIpc) is 2.45. The molecule has 0 unspecified atom stereocenters. The third kappa shape index (κ3) is 3.40. The second-order valence-electron chi connectivity index (χ2n) is 4.08. The van der Waals surface area contributed by atoms with E-state index in [-0.39, 0.29) is 13.2 Å². The molecule has 6 nitrogen and oxygen atoms in total. The molecule has 0 radical (unpaired) electrons. The predicted molar refractivity (Wildman–Crippen MR) is 71.9 cm³/mol. The summed E-state index contributed by atoms with van der Waals surface area (Å²) in [7, 11) is 0. The molecule has 0 spiro atoms. The molecular formula is C13H20N4O2. The van der Waals surface area contributed by atoms with Crippen molar-refractivity contribution in [2.75, 3.05) is 31.2 Å². The smallest absolute Gasteiger partial charge is 0.169 e. The number of nitriles is 1. The first-order valence-corrected chi connectivity index (χ1v) is 6.48. The van der Waals surface area contributed by atoms with Gasteiger partial charge in [-0.05, 0) is 18.4 Å². The van der Waals surface area contributed by atoms with Crippen molar-refractivity contribution in [3.05, 3.63) is 16.8 Å². The molecule has 0 aliphatic carbocycles. The molecule has 0 aliphatic rings. The molecule has 6 heteroatoms. The minimum atomic E-state index is -0.0659. The number of aliphatic hydroxyl groups is 2. The summed E-state index contributed by atoms with van der Waals surface area (Å²) >= 11 is 0. The quantitative estimate of drug-likeness (QED) is 0.734. The van der Waals surface area contributed by atoms with Gasteiger partial charge in [-0.1, -0.05) is 13.8 Å². The lowest BCUT2D eigenvalue weighted by molar-refractivity contribution is 0.280. The molecule has 0 bridgehead atoms. The van der Waals surface area contributed by atoms with E-state index in [1.54, 1.807) is 4.90 Å².